The highest BCUT2D eigenvalue weighted by molar-refractivity contribution is 7.99. The Morgan fingerprint density at radius 2 is 1.86 bits per heavy atom. The van der Waals surface area contributed by atoms with E-state index in [-0.39, 0.29) is 11.3 Å². The fraction of sp³-hybridized carbons (Fsp3) is 0.0588. The fourth-order valence-electron chi connectivity index (χ4n) is 2.06. The van der Waals surface area contributed by atoms with Gasteiger partial charge in [-0.25, -0.2) is 13.8 Å². The van der Waals surface area contributed by atoms with E-state index in [0.717, 1.165) is 29.1 Å². The summed E-state index contributed by atoms with van der Waals surface area (Å²) in [5.74, 6) is -1.79. The minimum Gasteiger partial charge on any atom is -0.293 e. The molecule has 0 atom stereocenters. The normalized spacial score (nSPS) is 10.8. The van der Waals surface area contributed by atoms with Gasteiger partial charge in [0.05, 0.1) is 21.9 Å². The van der Waals surface area contributed by atoms with E-state index >= 15 is 0 Å². The van der Waals surface area contributed by atoms with Gasteiger partial charge < -0.3 is 0 Å². The number of fused-ring (bicyclic) bond motifs is 1. The lowest BCUT2D eigenvalue weighted by Gasteiger charge is -2.04. The van der Waals surface area contributed by atoms with Crippen LogP contribution in [0.25, 0.3) is 10.9 Å². The third kappa shape index (κ3) is 3.14. The number of carbonyl (C=O) groups excluding carboxylic acids is 1. The van der Waals surface area contributed by atoms with Crippen molar-refractivity contribution >= 4 is 28.4 Å². The molecule has 2 nitrogen and oxygen atoms in total. The van der Waals surface area contributed by atoms with Crippen LogP contribution in [0.5, 0.6) is 0 Å². The molecule has 0 aliphatic rings. The summed E-state index contributed by atoms with van der Waals surface area (Å²) in [4.78, 5) is 16.4. The number of nitrogens with zero attached hydrogens (tertiary/aromatic N) is 1. The molecule has 0 unspecified atom stereocenters. The van der Waals surface area contributed by atoms with Crippen molar-refractivity contribution < 1.29 is 13.6 Å². The summed E-state index contributed by atoms with van der Waals surface area (Å²) in [6.07, 6.45) is 0. The molecule has 22 heavy (non-hydrogen) atoms. The Labute approximate surface area is 130 Å². The smallest absolute Gasteiger partial charge is 0.176 e. The Morgan fingerprint density at radius 3 is 2.73 bits per heavy atom. The number of pyridine rings is 1. The predicted molar refractivity (Wildman–Crippen MR) is 83.2 cm³/mol. The zero-order valence-electron chi connectivity index (χ0n) is 11.4. The molecule has 0 amide bonds. The van der Waals surface area contributed by atoms with Gasteiger partial charge in [0.15, 0.2) is 5.78 Å². The van der Waals surface area contributed by atoms with Crippen LogP contribution < -0.4 is 0 Å². The molecule has 1 heterocycles. The number of thioether (sulfide) groups is 1. The first-order chi connectivity index (χ1) is 10.6. The van der Waals surface area contributed by atoms with E-state index in [2.05, 4.69) is 4.98 Å². The van der Waals surface area contributed by atoms with Gasteiger partial charge in [0, 0.05) is 5.39 Å². The summed E-state index contributed by atoms with van der Waals surface area (Å²) in [5.41, 5.74) is 0.602. The van der Waals surface area contributed by atoms with E-state index in [1.807, 2.05) is 36.4 Å². The SMILES string of the molecule is O=C(CSc1ccc2ccccc2n1)c1cc(F)ccc1F. The van der Waals surface area contributed by atoms with Crippen LogP contribution in [0.1, 0.15) is 10.4 Å². The summed E-state index contributed by atoms with van der Waals surface area (Å²) in [5, 5.41) is 1.68. The molecular formula is C17H11F2NOS. The number of para-hydroxylation sites is 1. The first-order valence-corrected chi connectivity index (χ1v) is 7.59. The van der Waals surface area contributed by atoms with Gasteiger partial charge >= 0.3 is 0 Å². The molecule has 110 valence electrons. The quantitative estimate of drug-likeness (QED) is 0.525. The van der Waals surface area contributed by atoms with Crippen molar-refractivity contribution in [3.8, 4) is 0 Å². The first-order valence-electron chi connectivity index (χ1n) is 6.60. The van der Waals surface area contributed by atoms with Gasteiger partial charge in [-0.2, -0.15) is 0 Å². The second kappa shape index (κ2) is 6.23. The first kappa shape index (κ1) is 14.7. The maximum Gasteiger partial charge on any atom is 0.176 e. The van der Waals surface area contributed by atoms with E-state index in [1.54, 1.807) is 0 Å². The molecule has 0 saturated carbocycles. The van der Waals surface area contributed by atoms with Crippen molar-refractivity contribution in [2.24, 2.45) is 0 Å². The number of hydrogen-bond acceptors (Lipinski definition) is 3. The third-order valence-electron chi connectivity index (χ3n) is 3.15. The van der Waals surface area contributed by atoms with Crippen molar-refractivity contribution in [1.29, 1.82) is 0 Å². The van der Waals surface area contributed by atoms with Crippen molar-refractivity contribution in [2.75, 3.05) is 5.75 Å². The minimum atomic E-state index is -0.710. The van der Waals surface area contributed by atoms with Gasteiger partial charge in [-0.1, -0.05) is 36.0 Å². The van der Waals surface area contributed by atoms with Gasteiger partial charge in [0.1, 0.15) is 11.6 Å². The Morgan fingerprint density at radius 1 is 1.05 bits per heavy atom. The van der Waals surface area contributed by atoms with Gasteiger partial charge in [0.25, 0.3) is 0 Å². The molecule has 0 bridgehead atoms. The van der Waals surface area contributed by atoms with Crippen LogP contribution in [0.4, 0.5) is 8.78 Å². The average molecular weight is 315 g/mol. The highest BCUT2D eigenvalue weighted by Gasteiger charge is 2.13. The number of carbonyl (C=O) groups is 1. The van der Waals surface area contributed by atoms with Gasteiger partial charge in [0.2, 0.25) is 0 Å². The van der Waals surface area contributed by atoms with E-state index < -0.39 is 17.4 Å². The van der Waals surface area contributed by atoms with E-state index in [9.17, 15) is 13.6 Å². The van der Waals surface area contributed by atoms with Crippen LogP contribution >= 0.6 is 11.8 Å². The number of halogens is 2. The molecule has 0 saturated heterocycles. The molecule has 2 aromatic carbocycles. The Hall–Kier alpha value is -2.27. The van der Waals surface area contributed by atoms with Crippen LogP contribution in [0.3, 0.4) is 0 Å². The minimum absolute atomic E-state index is 0.00567. The third-order valence-corrected chi connectivity index (χ3v) is 4.08. The highest BCUT2D eigenvalue weighted by atomic mass is 32.2. The number of Topliss-reactive ketones (excluding diaryl/α,β-unsaturated/α-hetero) is 1. The van der Waals surface area contributed by atoms with Crippen LogP contribution in [-0.2, 0) is 0 Å². The summed E-state index contributed by atoms with van der Waals surface area (Å²) >= 11 is 1.20. The molecule has 0 spiro atoms. The van der Waals surface area contributed by atoms with Crippen molar-refractivity contribution in [2.45, 2.75) is 5.03 Å². The van der Waals surface area contributed by atoms with Crippen LogP contribution in [0.2, 0.25) is 0 Å². The van der Waals surface area contributed by atoms with Crippen molar-refractivity contribution in [3.63, 3.8) is 0 Å². The molecule has 0 radical (unpaired) electrons. The number of hydrogen-bond donors (Lipinski definition) is 0. The lowest BCUT2D eigenvalue weighted by Crippen LogP contribution is -2.06. The molecule has 5 heteroatoms. The maximum absolute atomic E-state index is 13.5. The zero-order valence-corrected chi connectivity index (χ0v) is 12.2. The summed E-state index contributed by atoms with van der Waals surface area (Å²) in [7, 11) is 0. The number of aromatic nitrogens is 1. The Kier molecular flexibility index (Phi) is 4.15. The average Bonchev–Trinajstić information content (AvgIpc) is 2.54. The van der Waals surface area contributed by atoms with E-state index in [0.29, 0.717) is 5.03 Å². The zero-order chi connectivity index (χ0) is 15.5. The Bertz CT molecular complexity index is 851. The monoisotopic (exact) mass is 315 g/mol. The standard InChI is InChI=1S/C17H11F2NOS/c18-12-6-7-14(19)13(9-12)16(21)10-22-17-8-5-11-3-1-2-4-15(11)20-17/h1-9H,10H2. The number of benzene rings is 2. The molecule has 0 aliphatic heterocycles. The molecule has 0 aliphatic carbocycles. The summed E-state index contributed by atoms with van der Waals surface area (Å²) < 4.78 is 26.6. The molecule has 3 aromatic rings. The molecule has 0 N–H and O–H groups in total. The fourth-order valence-corrected chi connectivity index (χ4v) is 2.82. The van der Waals surface area contributed by atoms with E-state index in [4.69, 9.17) is 0 Å². The lowest BCUT2D eigenvalue weighted by molar-refractivity contribution is 0.101. The van der Waals surface area contributed by atoms with Crippen molar-refractivity contribution in [1.82, 2.24) is 4.98 Å². The second-order valence-electron chi connectivity index (χ2n) is 4.68. The van der Waals surface area contributed by atoms with Gasteiger partial charge in [-0.3, -0.25) is 4.79 Å². The summed E-state index contributed by atoms with van der Waals surface area (Å²) in [6.45, 7) is 0. The van der Waals surface area contributed by atoms with Crippen LogP contribution in [0.15, 0.2) is 59.6 Å². The van der Waals surface area contributed by atoms with Crippen LogP contribution in [-0.4, -0.2) is 16.5 Å². The largest absolute Gasteiger partial charge is 0.293 e. The molecule has 0 fully saturated rings. The highest BCUT2D eigenvalue weighted by Crippen LogP contribution is 2.21. The number of rotatable bonds is 4. The Balaban J connectivity index is 1.75. The molecule has 1 aromatic heterocycles. The predicted octanol–water partition coefficient (Wildman–Crippen LogP) is 4.49. The maximum atomic E-state index is 13.5. The van der Waals surface area contributed by atoms with Gasteiger partial charge in [-0.15, -0.1) is 0 Å². The van der Waals surface area contributed by atoms with Crippen LogP contribution in [0, 0.1) is 11.6 Å². The molecule has 3 rings (SSSR count). The van der Waals surface area contributed by atoms with Crippen molar-refractivity contribution in [3.05, 3.63) is 71.8 Å². The molecular weight excluding hydrogens is 304 g/mol. The lowest BCUT2D eigenvalue weighted by atomic mass is 10.1. The number of ketones is 1. The summed E-state index contributed by atoms with van der Waals surface area (Å²) in [6, 6.07) is 14.2. The topological polar surface area (TPSA) is 30.0 Å². The van der Waals surface area contributed by atoms with E-state index in [1.165, 1.54) is 11.8 Å². The second-order valence-corrected chi connectivity index (χ2v) is 5.67. The van der Waals surface area contributed by atoms with Gasteiger partial charge in [-0.05, 0) is 30.3 Å².